The van der Waals surface area contributed by atoms with Gasteiger partial charge in [-0.2, -0.15) is 0 Å². The second kappa shape index (κ2) is 5.02. The van der Waals surface area contributed by atoms with E-state index in [4.69, 9.17) is 11.6 Å². The molecule has 0 fully saturated rings. The van der Waals surface area contributed by atoms with Gasteiger partial charge < -0.3 is 4.55 Å². The molecule has 16 heavy (non-hydrogen) atoms. The van der Waals surface area contributed by atoms with Crippen molar-refractivity contribution in [1.29, 1.82) is 0 Å². The summed E-state index contributed by atoms with van der Waals surface area (Å²) in [6, 6.07) is 3.61. The fourth-order valence-corrected chi connectivity index (χ4v) is 1.55. The smallest absolute Gasteiger partial charge is 0.270 e. The molecule has 1 unspecified atom stereocenters. The van der Waals surface area contributed by atoms with E-state index < -0.39 is 14.0 Å². The Morgan fingerprint density at radius 1 is 1.56 bits per heavy atom. The summed E-state index contributed by atoms with van der Waals surface area (Å²) in [5.74, 6) is 0. The maximum Gasteiger partial charge on any atom is 0.270 e. The molecule has 0 aromatic heterocycles. The summed E-state index contributed by atoms with van der Waals surface area (Å²) < 4.78 is 25.4. The Morgan fingerprint density at radius 2 is 2.19 bits per heavy atom. The third kappa shape index (κ3) is 3.99. The summed E-state index contributed by atoms with van der Waals surface area (Å²) in [7, 11) is -3.97. The van der Waals surface area contributed by atoms with Crippen LogP contribution in [0.5, 0.6) is 0 Å². The van der Waals surface area contributed by atoms with Crippen LogP contribution in [0.25, 0.3) is 0 Å². The fraction of sp³-hybridized carbons (Fsp3) is 0.143. The lowest BCUT2D eigenvalue weighted by atomic mass is 10.2. The minimum Gasteiger partial charge on any atom is -0.748 e. The van der Waals surface area contributed by atoms with E-state index in [0.717, 1.165) is 6.07 Å². The van der Waals surface area contributed by atoms with Crippen LogP contribution in [0, 0.1) is 10.1 Å². The molecule has 0 aliphatic rings. The molecule has 0 N–H and O–H groups in total. The van der Waals surface area contributed by atoms with Crippen LogP contribution in [-0.2, 0) is 31.0 Å². The van der Waals surface area contributed by atoms with Crippen LogP contribution in [0.4, 0.5) is 5.69 Å². The van der Waals surface area contributed by atoms with E-state index in [2.05, 4.69) is 15.4 Å². The van der Waals surface area contributed by atoms with Gasteiger partial charge >= 0.3 is 0 Å². The van der Waals surface area contributed by atoms with Crippen molar-refractivity contribution in [1.82, 2.24) is 0 Å². The molecular formula is C7H5ClNO5S2-. The molecule has 0 aliphatic heterocycles. The molecule has 88 valence electrons. The highest BCUT2D eigenvalue weighted by atomic mass is 35.5. The van der Waals surface area contributed by atoms with Gasteiger partial charge in [-0.1, -0.05) is 11.6 Å². The van der Waals surface area contributed by atoms with Gasteiger partial charge in [0.05, 0.1) is 25.6 Å². The third-order valence-electron chi connectivity index (χ3n) is 1.61. The number of nitro benzene ring substituents is 1. The molecule has 0 spiro atoms. The molecule has 6 nitrogen and oxygen atoms in total. The van der Waals surface area contributed by atoms with Crippen molar-refractivity contribution in [2.75, 3.05) is 0 Å². The molecule has 0 amide bonds. The first kappa shape index (κ1) is 13.3. The van der Waals surface area contributed by atoms with E-state index in [0.29, 0.717) is 5.56 Å². The molecule has 1 aromatic carbocycles. The lowest BCUT2D eigenvalue weighted by Crippen LogP contribution is -2.03. The zero-order valence-electron chi connectivity index (χ0n) is 7.62. The van der Waals surface area contributed by atoms with E-state index in [1.54, 1.807) is 0 Å². The summed E-state index contributed by atoms with van der Waals surface area (Å²) in [6.45, 7) is -0.345. The van der Waals surface area contributed by atoms with Gasteiger partial charge in [-0.3, -0.25) is 14.3 Å². The number of rotatable bonds is 4. The minimum atomic E-state index is -3.97. The Hall–Kier alpha value is -0.800. The zero-order chi connectivity index (χ0) is 12.3. The number of nitro groups is 1. The minimum absolute atomic E-state index is 0.0489. The first-order valence-corrected chi connectivity index (χ1v) is 6.54. The largest absolute Gasteiger partial charge is 0.748 e. The number of halogens is 1. The Kier molecular flexibility index (Phi) is 4.16. The third-order valence-corrected chi connectivity index (χ3v) is 2.65. The van der Waals surface area contributed by atoms with Crippen LogP contribution in [0.15, 0.2) is 18.2 Å². The molecule has 0 saturated carbocycles. The molecule has 0 heterocycles. The number of nitrogens with zero attached hydrogens (tertiary/aromatic N) is 1. The SMILES string of the molecule is O=[N+]([O-])c1ccc(COS(=O)([O-])=S)c(Cl)c1. The lowest BCUT2D eigenvalue weighted by molar-refractivity contribution is -0.384. The first-order chi connectivity index (χ1) is 7.29. The van der Waals surface area contributed by atoms with Crippen molar-refractivity contribution in [3.63, 3.8) is 0 Å². The summed E-state index contributed by atoms with van der Waals surface area (Å²) in [6.07, 6.45) is 0. The van der Waals surface area contributed by atoms with Crippen molar-refractivity contribution in [2.45, 2.75) is 6.61 Å². The van der Waals surface area contributed by atoms with Gasteiger partial charge in [0.1, 0.15) is 0 Å². The molecule has 1 atom stereocenters. The number of hydrogen-bond acceptors (Lipinski definition) is 6. The number of hydrogen-bond donors (Lipinski definition) is 0. The second-order valence-corrected chi connectivity index (χ2v) is 5.39. The second-order valence-electron chi connectivity index (χ2n) is 2.70. The number of benzene rings is 1. The molecule has 9 heteroatoms. The summed E-state index contributed by atoms with van der Waals surface area (Å²) in [4.78, 5) is 9.77. The predicted molar refractivity (Wildman–Crippen MR) is 59.2 cm³/mol. The molecule has 1 rings (SSSR count). The van der Waals surface area contributed by atoms with Gasteiger partial charge in [-0.15, -0.1) is 0 Å². The van der Waals surface area contributed by atoms with Gasteiger partial charge in [0, 0.05) is 12.1 Å². The topological polar surface area (TPSA) is 92.5 Å². The maximum atomic E-state index is 10.5. The van der Waals surface area contributed by atoms with Crippen LogP contribution in [0.1, 0.15) is 5.56 Å². The van der Waals surface area contributed by atoms with Crippen LogP contribution >= 0.6 is 11.6 Å². The standard InChI is InChI=1S/C7H6ClNO5S2/c8-7-3-6(9(10)11)2-1-5(7)4-14-16(12,13)15/h1-3H,4H2,(H,12,13,15)/p-1. The molecule has 0 radical (unpaired) electrons. The van der Waals surface area contributed by atoms with Gasteiger partial charge in [0.2, 0.25) is 0 Å². The maximum absolute atomic E-state index is 10.5. The van der Waals surface area contributed by atoms with E-state index >= 15 is 0 Å². The first-order valence-electron chi connectivity index (χ1n) is 3.82. The zero-order valence-corrected chi connectivity index (χ0v) is 10.0. The van der Waals surface area contributed by atoms with Crippen LogP contribution < -0.4 is 0 Å². The average molecular weight is 283 g/mol. The van der Waals surface area contributed by atoms with Crippen LogP contribution in [0.2, 0.25) is 5.02 Å². The van der Waals surface area contributed by atoms with Crippen LogP contribution in [0.3, 0.4) is 0 Å². The lowest BCUT2D eigenvalue weighted by Gasteiger charge is -2.11. The molecule has 0 aliphatic carbocycles. The Bertz CT molecular complexity index is 516. The average Bonchev–Trinajstić information content (AvgIpc) is 2.14. The van der Waals surface area contributed by atoms with E-state index in [1.165, 1.54) is 12.1 Å². The van der Waals surface area contributed by atoms with Crippen LogP contribution in [-0.4, -0.2) is 13.7 Å². The van der Waals surface area contributed by atoms with Crippen molar-refractivity contribution < 1.29 is 17.9 Å². The van der Waals surface area contributed by atoms with E-state index in [9.17, 15) is 18.9 Å². The summed E-state index contributed by atoms with van der Waals surface area (Å²) >= 11 is 9.68. The quantitative estimate of drug-likeness (QED) is 0.614. The van der Waals surface area contributed by atoms with E-state index in [1.807, 2.05) is 0 Å². The molecule has 1 aromatic rings. The molecule has 0 bridgehead atoms. The Balaban J connectivity index is 2.88. The fourth-order valence-electron chi connectivity index (χ4n) is 0.902. The van der Waals surface area contributed by atoms with Gasteiger partial charge in [-0.25, -0.2) is 4.21 Å². The molecular weight excluding hydrogens is 278 g/mol. The molecule has 0 saturated heterocycles. The van der Waals surface area contributed by atoms with E-state index in [-0.39, 0.29) is 17.3 Å². The predicted octanol–water partition coefficient (Wildman–Crippen LogP) is 1.56. The highest BCUT2D eigenvalue weighted by molar-refractivity contribution is 8.26. The Morgan fingerprint density at radius 3 is 2.62 bits per heavy atom. The monoisotopic (exact) mass is 282 g/mol. The van der Waals surface area contributed by atoms with Gasteiger partial charge in [0.15, 0.2) is 0 Å². The highest BCUT2D eigenvalue weighted by Gasteiger charge is 2.09. The normalized spacial score (nSPS) is 14.4. The highest BCUT2D eigenvalue weighted by Crippen LogP contribution is 2.23. The number of non-ortho nitro benzene ring substituents is 1. The Labute approximate surface area is 101 Å². The van der Waals surface area contributed by atoms with Gasteiger partial charge in [0.25, 0.3) is 5.69 Å². The van der Waals surface area contributed by atoms with Gasteiger partial charge in [-0.05, 0) is 22.8 Å². The summed E-state index contributed by atoms with van der Waals surface area (Å²) in [5, 5.41) is 10.4. The van der Waals surface area contributed by atoms with Crippen molar-refractivity contribution in [3.05, 3.63) is 38.9 Å². The van der Waals surface area contributed by atoms with Crippen molar-refractivity contribution >= 4 is 37.5 Å². The van der Waals surface area contributed by atoms with Crippen molar-refractivity contribution in [2.24, 2.45) is 0 Å². The van der Waals surface area contributed by atoms with Crippen molar-refractivity contribution in [3.8, 4) is 0 Å². The summed E-state index contributed by atoms with van der Waals surface area (Å²) in [5.41, 5.74) is 0.121.